The normalized spacial score (nSPS) is 16.9. The van der Waals surface area contributed by atoms with Crippen LogP contribution in [0.15, 0.2) is 0 Å². The highest BCUT2D eigenvalue weighted by molar-refractivity contribution is 6.18. The van der Waals surface area contributed by atoms with Crippen molar-refractivity contribution in [2.24, 2.45) is 0 Å². The third-order valence-electron chi connectivity index (χ3n) is 1.91. The smallest absolute Gasteiger partial charge is 0.302 e. The van der Waals surface area contributed by atoms with E-state index in [-0.39, 0.29) is 0 Å². The fourth-order valence-electron chi connectivity index (χ4n) is 0.868. The van der Waals surface area contributed by atoms with Gasteiger partial charge in [-0.1, -0.05) is 0 Å². The molecule has 104 valence electrons. The van der Waals surface area contributed by atoms with Gasteiger partial charge in [0.2, 0.25) is 0 Å². The molecule has 0 radical (unpaired) electrons. The molecule has 0 aromatic heterocycles. The molecule has 17 heavy (non-hydrogen) atoms. The van der Waals surface area contributed by atoms with Crippen LogP contribution in [0.4, 0.5) is 26.3 Å². The molecule has 0 amide bonds. The van der Waals surface area contributed by atoms with Crippen LogP contribution in [-0.2, 0) is 4.74 Å². The SMILES string of the molecule is FCC(F)(F)[C@@H](CCl)O[C@H](CCl)C(F)(F)CF. The summed E-state index contributed by atoms with van der Waals surface area (Å²) in [5.41, 5.74) is 0. The van der Waals surface area contributed by atoms with Crippen molar-refractivity contribution in [2.45, 2.75) is 24.1 Å². The van der Waals surface area contributed by atoms with Gasteiger partial charge in [0, 0.05) is 0 Å². The molecule has 0 saturated carbocycles. The molecule has 2 atom stereocenters. The van der Waals surface area contributed by atoms with Gasteiger partial charge in [0.05, 0.1) is 11.8 Å². The van der Waals surface area contributed by atoms with E-state index in [4.69, 9.17) is 23.2 Å². The standard InChI is InChI=1S/C8H10Cl2F6O/c9-1-5(7(13,14)3-11)17-6(2-10)8(15,16)4-12/h5-6H,1-4H2/t5-,6-/m1/s1. The molecule has 0 aromatic rings. The van der Waals surface area contributed by atoms with Crippen molar-refractivity contribution in [3.05, 3.63) is 0 Å². The third-order valence-corrected chi connectivity index (χ3v) is 2.47. The lowest BCUT2D eigenvalue weighted by molar-refractivity contribution is -0.207. The Morgan fingerprint density at radius 1 is 0.824 bits per heavy atom. The van der Waals surface area contributed by atoms with Crippen LogP contribution in [0.1, 0.15) is 0 Å². The third kappa shape index (κ3) is 4.71. The molecule has 0 unspecified atom stereocenters. The molecule has 0 spiro atoms. The van der Waals surface area contributed by atoms with E-state index in [1.807, 2.05) is 0 Å². The first-order valence-electron chi connectivity index (χ1n) is 4.40. The molecule has 0 aliphatic carbocycles. The number of hydrogen-bond acceptors (Lipinski definition) is 1. The first-order chi connectivity index (χ1) is 7.75. The van der Waals surface area contributed by atoms with Gasteiger partial charge in [0.25, 0.3) is 0 Å². The van der Waals surface area contributed by atoms with Gasteiger partial charge in [-0.15, -0.1) is 23.2 Å². The minimum absolute atomic E-state index is 0.924. The van der Waals surface area contributed by atoms with E-state index < -0.39 is 49.2 Å². The zero-order chi connectivity index (χ0) is 13.7. The second-order valence-corrected chi connectivity index (χ2v) is 3.83. The zero-order valence-electron chi connectivity index (χ0n) is 8.42. The van der Waals surface area contributed by atoms with Crippen molar-refractivity contribution in [1.29, 1.82) is 0 Å². The summed E-state index contributed by atoms with van der Waals surface area (Å²) in [5.74, 6) is -9.91. The largest absolute Gasteiger partial charge is 0.360 e. The number of rotatable bonds is 8. The lowest BCUT2D eigenvalue weighted by Gasteiger charge is -2.30. The number of alkyl halides is 8. The van der Waals surface area contributed by atoms with Crippen LogP contribution in [0.5, 0.6) is 0 Å². The highest BCUT2D eigenvalue weighted by atomic mass is 35.5. The van der Waals surface area contributed by atoms with Crippen LogP contribution in [0.25, 0.3) is 0 Å². The molecule has 0 aromatic carbocycles. The second kappa shape index (κ2) is 6.89. The summed E-state index contributed by atoms with van der Waals surface area (Å²) in [7, 11) is 0. The van der Waals surface area contributed by atoms with E-state index in [2.05, 4.69) is 4.74 Å². The molecule has 0 aliphatic rings. The topological polar surface area (TPSA) is 9.23 Å². The Balaban J connectivity index is 4.75. The average molecular weight is 307 g/mol. The molecule has 0 rings (SSSR count). The Morgan fingerprint density at radius 2 is 1.12 bits per heavy atom. The highest BCUT2D eigenvalue weighted by Gasteiger charge is 2.47. The van der Waals surface area contributed by atoms with Gasteiger partial charge < -0.3 is 4.74 Å². The highest BCUT2D eigenvalue weighted by Crippen LogP contribution is 2.30. The van der Waals surface area contributed by atoms with Crippen LogP contribution in [0, 0.1) is 0 Å². The van der Waals surface area contributed by atoms with Gasteiger partial charge in [0.15, 0.2) is 13.3 Å². The first-order valence-corrected chi connectivity index (χ1v) is 5.47. The van der Waals surface area contributed by atoms with Crippen LogP contribution in [-0.4, -0.2) is 49.2 Å². The Labute approximate surface area is 104 Å². The Morgan fingerprint density at radius 3 is 1.29 bits per heavy atom. The maximum absolute atomic E-state index is 12.8. The minimum Gasteiger partial charge on any atom is -0.360 e. The molecule has 0 fully saturated rings. The van der Waals surface area contributed by atoms with E-state index in [0.29, 0.717) is 0 Å². The van der Waals surface area contributed by atoms with Crippen molar-refractivity contribution in [1.82, 2.24) is 0 Å². The molecule has 1 nitrogen and oxygen atoms in total. The van der Waals surface area contributed by atoms with Gasteiger partial charge >= 0.3 is 11.8 Å². The fraction of sp³-hybridized carbons (Fsp3) is 1.00. The summed E-state index contributed by atoms with van der Waals surface area (Å²) in [4.78, 5) is 0. The zero-order valence-corrected chi connectivity index (χ0v) is 9.93. The summed E-state index contributed by atoms with van der Waals surface area (Å²) >= 11 is 10.1. The van der Waals surface area contributed by atoms with E-state index in [1.54, 1.807) is 0 Å². The van der Waals surface area contributed by atoms with Crippen LogP contribution < -0.4 is 0 Å². The predicted molar refractivity (Wildman–Crippen MR) is 51.9 cm³/mol. The Bertz CT molecular complexity index is 206. The Hall–Kier alpha value is 0.120. The molecule has 9 heteroatoms. The summed E-state index contributed by atoms with van der Waals surface area (Å²) in [6, 6.07) is 0. The average Bonchev–Trinajstić information content (AvgIpc) is 2.29. The van der Waals surface area contributed by atoms with Crippen molar-refractivity contribution in [3.8, 4) is 0 Å². The monoisotopic (exact) mass is 306 g/mol. The van der Waals surface area contributed by atoms with E-state index >= 15 is 0 Å². The molecule has 0 saturated heterocycles. The summed E-state index contributed by atoms with van der Waals surface area (Å²) < 4.78 is 79.5. The predicted octanol–water partition coefficient (Wildman–Crippen LogP) is 3.43. The van der Waals surface area contributed by atoms with E-state index in [9.17, 15) is 26.3 Å². The summed E-state index contributed by atoms with van der Waals surface area (Å²) in [6.07, 6.45) is -4.59. The molecular weight excluding hydrogens is 297 g/mol. The van der Waals surface area contributed by atoms with E-state index in [0.717, 1.165) is 0 Å². The summed E-state index contributed by atoms with van der Waals surface area (Å²) in [6.45, 7) is -4.25. The van der Waals surface area contributed by atoms with Crippen molar-refractivity contribution in [2.75, 3.05) is 25.1 Å². The lowest BCUT2D eigenvalue weighted by atomic mass is 10.2. The van der Waals surface area contributed by atoms with Crippen molar-refractivity contribution in [3.63, 3.8) is 0 Å². The van der Waals surface area contributed by atoms with Gasteiger partial charge in [0.1, 0.15) is 12.2 Å². The number of hydrogen-bond donors (Lipinski definition) is 0. The van der Waals surface area contributed by atoms with Gasteiger partial charge in [-0.25, -0.2) is 26.3 Å². The van der Waals surface area contributed by atoms with E-state index in [1.165, 1.54) is 0 Å². The van der Waals surface area contributed by atoms with Gasteiger partial charge in [-0.2, -0.15) is 0 Å². The van der Waals surface area contributed by atoms with Crippen molar-refractivity contribution < 1.29 is 31.1 Å². The van der Waals surface area contributed by atoms with Gasteiger partial charge in [-0.3, -0.25) is 0 Å². The quantitative estimate of drug-likeness (QED) is 0.493. The maximum Gasteiger partial charge on any atom is 0.302 e. The molecular formula is C8H10Cl2F6O. The Kier molecular flexibility index (Phi) is 6.94. The fourth-order valence-corrected chi connectivity index (χ4v) is 1.46. The second-order valence-electron chi connectivity index (χ2n) is 3.21. The summed E-state index contributed by atoms with van der Waals surface area (Å²) in [5, 5.41) is 0. The first kappa shape index (κ1) is 17.1. The molecule has 0 N–H and O–H groups in total. The molecule has 0 aliphatic heterocycles. The van der Waals surface area contributed by atoms with Crippen LogP contribution in [0.3, 0.4) is 0 Å². The minimum atomic E-state index is -4.03. The molecule has 0 bridgehead atoms. The van der Waals surface area contributed by atoms with Gasteiger partial charge in [-0.05, 0) is 0 Å². The number of halogens is 8. The van der Waals surface area contributed by atoms with Crippen molar-refractivity contribution >= 4 is 23.2 Å². The van der Waals surface area contributed by atoms with Crippen LogP contribution >= 0.6 is 23.2 Å². The lowest BCUT2D eigenvalue weighted by Crippen LogP contribution is -2.48. The molecule has 0 heterocycles. The van der Waals surface area contributed by atoms with Crippen LogP contribution in [0.2, 0.25) is 0 Å². The maximum atomic E-state index is 12.8. The number of ether oxygens (including phenoxy) is 1.